The van der Waals surface area contributed by atoms with Crippen molar-refractivity contribution < 1.29 is 24.3 Å². The van der Waals surface area contributed by atoms with E-state index < -0.39 is 6.09 Å². The van der Waals surface area contributed by atoms with Gasteiger partial charge in [-0.2, -0.15) is 0 Å². The topological polar surface area (TPSA) is 88.1 Å². The van der Waals surface area contributed by atoms with E-state index in [2.05, 4.69) is 5.48 Å². The van der Waals surface area contributed by atoms with Crippen molar-refractivity contribution in [2.45, 2.75) is 30.8 Å². The Kier molecular flexibility index (Phi) is 5.48. The van der Waals surface area contributed by atoms with Crippen LogP contribution in [0.15, 0.2) is 66.9 Å². The van der Waals surface area contributed by atoms with E-state index in [1.54, 1.807) is 24.3 Å². The molecule has 2 amide bonds. The molecule has 0 saturated carbocycles. The third kappa shape index (κ3) is 4.25. The number of amides is 2. The zero-order chi connectivity index (χ0) is 20.2. The van der Waals surface area contributed by atoms with Gasteiger partial charge in [-0.3, -0.25) is 4.79 Å². The Balaban J connectivity index is 1.53. The molecule has 0 bridgehead atoms. The Morgan fingerprint density at radius 2 is 1.93 bits per heavy atom. The van der Waals surface area contributed by atoms with Crippen molar-refractivity contribution >= 4 is 12.0 Å². The summed E-state index contributed by atoms with van der Waals surface area (Å²) in [5, 5.41) is 9.58. The maximum Gasteiger partial charge on any atom is 0.416 e. The fraction of sp³-hybridized carbons (Fsp3) is 0.273. The summed E-state index contributed by atoms with van der Waals surface area (Å²) in [5.41, 5.74) is 4.76. The molecule has 1 unspecified atom stereocenters. The number of rotatable bonds is 6. The van der Waals surface area contributed by atoms with Crippen LogP contribution in [0.1, 0.15) is 23.5 Å². The van der Waals surface area contributed by atoms with Crippen LogP contribution in [0, 0.1) is 0 Å². The molecule has 2 aliphatic rings. The first-order valence-corrected chi connectivity index (χ1v) is 9.51. The van der Waals surface area contributed by atoms with Crippen LogP contribution in [0.4, 0.5) is 4.79 Å². The van der Waals surface area contributed by atoms with Crippen molar-refractivity contribution in [1.82, 2.24) is 10.4 Å². The van der Waals surface area contributed by atoms with Gasteiger partial charge in [0.05, 0.1) is 12.1 Å². The Hall–Kier alpha value is -3.32. The highest BCUT2D eigenvalue weighted by Crippen LogP contribution is 2.30. The maximum atomic E-state index is 13.1. The van der Waals surface area contributed by atoms with Gasteiger partial charge in [0.25, 0.3) is 0 Å². The van der Waals surface area contributed by atoms with Gasteiger partial charge >= 0.3 is 6.09 Å². The number of hydrogen-bond donors (Lipinski definition) is 2. The summed E-state index contributed by atoms with van der Waals surface area (Å²) in [4.78, 5) is 31.8. The number of phenolic OH excluding ortho intramolecular Hbond substituents is 1. The summed E-state index contributed by atoms with van der Waals surface area (Å²) >= 11 is 0. The minimum atomic E-state index is -0.605. The zero-order valence-corrected chi connectivity index (χ0v) is 15.7. The first-order chi connectivity index (χ1) is 14.1. The molecular weight excluding hydrogens is 372 g/mol. The number of carbonyl (C=O) groups excluding carboxylic acids is 2. The Morgan fingerprint density at radius 1 is 1.17 bits per heavy atom. The first kappa shape index (κ1) is 19.0. The summed E-state index contributed by atoms with van der Waals surface area (Å²) in [7, 11) is 0. The normalized spacial score (nSPS) is 21.7. The summed E-state index contributed by atoms with van der Waals surface area (Å²) in [6, 6.07) is 15.9. The molecule has 7 heteroatoms. The third-order valence-electron chi connectivity index (χ3n) is 5.25. The number of hydrogen-bond acceptors (Lipinski definition) is 6. The van der Waals surface area contributed by atoms with Gasteiger partial charge in [0.15, 0.2) is 0 Å². The van der Waals surface area contributed by atoms with Crippen molar-refractivity contribution in [2.24, 2.45) is 0 Å². The van der Waals surface area contributed by atoms with Gasteiger partial charge in [-0.05, 0) is 35.8 Å². The molecule has 150 valence electrons. The van der Waals surface area contributed by atoms with Crippen LogP contribution in [0.25, 0.3) is 0 Å². The van der Waals surface area contributed by atoms with Crippen molar-refractivity contribution in [3.63, 3.8) is 0 Å². The molecule has 2 N–H and O–H groups in total. The Morgan fingerprint density at radius 3 is 2.62 bits per heavy atom. The highest BCUT2D eigenvalue weighted by atomic mass is 16.6. The molecule has 2 aromatic rings. The average Bonchev–Trinajstić information content (AvgIpc) is 3.38. The quantitative estimate of drug-likeness (QED) is 0.783. The van der Waals surface area contributed by atoms with Gasteiger partial charge in [-0.25, -0.2) is 9.69 Å². The lowest BCUT2D eigenvalue weighted by molar-refractivity contribution is -0.129. The molecule has 3 atom stereocenters. The van der Waals surface area contributed by atoms with Crippen LogP contribution in [0.3, 0.4) is 0 Å². The van der Waals surface area contributed by atoms with Crippen molar-refractivity contribution in [3.05, 3.63) is 78.1 Å². The van der Waals surface area contributed by atoms with E-state index in [0.29, 0.717) is 6.42 Å². The first-order valence-electron chi connectivity index (χ1n) is 9.51. The second-order valence-electron chi connectivity index (χ2n) is 7.18. The number of nitrogens with one attached hydrogen (secondary N) is 1. The van der Waals surface area contributed by atoms with Gasteiger partial charge in [-0.1, -0.05) is 42.5 Å². The lowest BCUT2D eigenvalue weighted by Gasteiger charge is -2.25. The zero-order valence-electron chi connectivity index (χ0n) is 15.7. The number of hydroxylamine groups is 1. The van der Waals surface area contributed by atoms with Crippen LogP contribution in [-0.4, -0.2) is 40.7 Å². The standard InChI is InChI=1S/C22H22N2O5/c25-18-8-6-16(7-9-18)19(20-10-11-29-23-20)13-21(26)24-17(14-28-22(24)27)12-15-4-2-1-3-5-15/h1-11,17,19-20,23,25H,12-14H2/t17-,19?,20+/m0/s1. The third-order valence-corrected chi connectivity index (χ3v) is 5.25. The van der Waals surface area contributed by atoms with Crippen LogP contribution < -0.4 is 5.48 Å². The van der Waals surface area contributed by atoms with E-state index >= 15 is 0 Å². The van der Waals surface area contributed by atoms with Crippen LogP contribution in [0.5, 0.6) is 5.75 Å². The van der Waals surface area contributed by atoms with Crippen LogP contribution in [-0.2, 0) is 20.8 Å². The second-order valence-corrected chi connectivity index (χ2v) is 7.18. The fourth-order valence-corrected chi connectivity index (χ4v) is 3.76. The number of benzene rings is 2. The lowest BCUT2D eigenvalue weighted by atomic mass is 9.88. The molecular formula is C22H22N2O5. The van der Waals surface area contributed by atoms with E-state index in [1.807, 2.05) is 36.4 Å². The van der Waals surface area contributed by atoms with E-state index in [4.69, 9.17) is 9.57 Å². The molecule has 2 aromatic carbocycles. The predicted molar refractivity (Wildman–Crippen MR) is 105 cm³/mol. The van der Waals surface area contributed by atoms with Crippen molar-refractivity contribution in [2.75, 3.05) is 6.61 Å². The highest BCUT2D eigenvalue weighted by molar-refractivity contribution is 5.94. The van der Waals surface area contributed by atoms with E-state index in [1.165, 1.54) is 11.2 Å². The molecule has 0 aliphatic carbocycles. The molecule has 1 fully saturated rings. The van der Waals surface area contributed by atoms with E-state index in [9.17, 15) is 14.7 Å². The summed E-state index contributed by atoms with van der Waals surface area (Å²) in [6.45, 7) is 0.189. The van der Waals surface area contributed by atoms with Gasteiger partial charge in [0.2, 0.25) is 5.91 Å². The maximum absolute atomic E-state index is 13.1. The summed E-state index contributed by atoms with van der Waals surface area (Å²) < 4.78 is 5.18. The van der Waals surface area contributed by atoms with Gasteiger partial charge < -0.3 is 14.7 Å². The molecule has 0 radical (unpaired) electrons. The van der Waals surface area contributed by atoms with Crippen molar-refractivity contribution in [3.8, 4) is 5.75 Å². The van der Waals surface area contributed by atoms with Gasteiger partial charge in [0.1, 0.15) is 18.6 Å². The minimum absolute atomic E-state index is 0.0938. The molecule has 2 aliphatic heterocycles. The number of ether oxygens (including phenoxy) is 1. The van der Waals surface area contributed by atoms with Crippen molar-refractivity contribution in [1.29, 1.82) is 0 Å². The fourth-order valence-electron chi connectivity index (χ4n) is 3.76. The molecule has 0 aromatic heterocycles. The molecule has 29 heavy (non-hydrogen) atoms. The summed E-state index contributed by atoms with van der Waals surface area (Å²) in [6.07, 6.45) is 3.40. The SMILES string of the molecule is O=C(CC(c1ccc(O)cc1)[C@H]1C=CON1)N1C(=O)OC[C@@H]1Cc1ccccc1. The summed E-state index contributed by atoms with van der Waals surface area (Å²) in [5.74, 6) is -0.419. The predicted octanol–water partition coefficient (Wildman–Crippen LogP) is 2.87. The average molecular weight is 394 g/mol. The minimum Gasteiger partial charge on any atom is -0.508 e. The number of carbonyl (C=O) groups is 2. The smallest absolute Gasteiger partial charge is 0.416 e. The number of cyclic esters (lactones) is 1. The number of imide groups is 1. The van der Waals surface area contributed by atoms with Crippen LogP contribution >= 0.6 is 0 Å². The molecule has 2 heterocycles. The Bertz CT molecular complexity index is 897. The molecule has 4 rings (SSSR count). The Labute approximate surface area is 168 Å². The molecule has 0 spiro atoms. The number of aromatic hydroxyl groups is 1. The van der Waals surface area contributed by atoms with E-state index in [0.717, 1.165) is 11.1 Å². The highest BCUT2D eigenvalue weighted by Gasteiger charge is 2.39. The molecule has 1 saturated heterocycles. The van der Waals surface area contributed by atoms with Gasteiger partial charge in [0, 0.05) is 12.3 Å². The lowest BCUT2D eigenvalue weighted by Crippen LogP contribution is -2.42. The molecule has 7 nitrogen and oxygen atoms in total. The largest absolute Gasteiger partial charge is 0.508 e. The van der Waals surface area contributed by atoms with E-state index in [-0.39, 0.29) is 42.7 Å². The van der Waals surface area contributed by atoms with Gasteiger partial charge in [-0.15, -0.1) is 5.48 Å². The number of phenols is 1. The van der Waals surface area contributed by atoms with Crippen LogP contribution in [0.2, 0.25) is 0 Å². The number of nitrogens with zero attached hydrogens (tertiary/aromatic N) is 1. The second kappa shape index (κ2) is 8.36. The monoisotopic (exact) mass is 394 g/mol.